The Balaban J connectivity index is 1.77. The van der Waals surface area contributed by atoms with Gasteiger partial charge in [0.05, 0.1) is 18.8 Å². The van der Waals surface area contributed by atoms with Gasteiger partial charge in [-0.3, -0.25) is 0 Å². The van der Waals surface area contributed by atoms with E-state index in [0.717, 1.165) is 31.3 Å². The van der Waals surface area contributed by atoms with Gasteiger partial charge in [0.1, 0.15) is 18.3 Å². The molecule has 192 valence electrons. The van der Waals surface area contributed by atoms with Crippen molar-refractivity contribution in [3.8, 4) is 0 Å². The summed E-state index contributed by atoms with van der Waals surface area (Å²) in [4.78, 5) is 0. The van der Waals surface area contributed by atoms with E-state index in [9.17, 15) is 20.4 Å². The molecule has 4 rings (SSSR count). The molecule has 1 saturated heterocycles. The summed E-state index contributed by atoms with van der Waals surface area (Å²) in [5, 5.41) is 41.7. The first kappa shape index (κ1) is 26.1. The van der Waals surface area contributed by atoms with E-state index in [2.05, 4.69) is 39.8 Å². The molecular formula is C28H44O6. The summed E-state index contributed by atoms with van der Waals surface area (Å²) >= 11 is 0. The maximum atomic E-state index is 11.0. The van der Waals surface area contributed by atoms with Crippen LogP contribution in [0.4, 0.5) is 0 Å². The molecule has 3 aliphatic carbocycles. The minimum Gasteiger partial charge on any atom is -0.388 e. The molecular weight excluding hydrogens is 432 g/mol. The lowest BCUT2D eigenvalue weighted by molar-refractivity contribution is -0.291. The molecule has 4 aliphatic rings. The van der Waals surface area contributed by atoms with Gasteiger partial charge in [0, 0.05) is 5.41 Å². The normalized spacial score (nSPS) is 41.7. The first-order chi connectivity index (χ1) is 15.9. The highest BCUT2D eigenvalue weighted by Crippen LogP contribution is 2.62. The highest BCUT2D eigenvalue weighted by Gasteiger charge is 2.53. The summed E-state index contributed by atoms with van der Waals surface area (Å²) in [6.45, 7) is 13.1. The van der Waals surface area contributed by atoms with Gasteiger partial charge in [-0.1, -0.05) is 59.3 Å². The lowest BCUT2D eigenvalue weighted by Gasteiger charge is -2.50. The number of aliphatic hydroxyl groups is 4. The second kappa shape index (κ2) is 9.45. The molecule has 1 heterocycles. The maximum absolute atomic E-state index is 11.0. The van der Waals surface area contributed by atoms with Crippen LogP contribution in [0.1, 0.15) is 73.6 Å². The first-order valence-corrected chi connectivity index (χ1v) is 13.0. The van der Waals surface area contributed by atoms with E-state index in [1.807, 2.05) is 13.8 Å². The van der Waals surface area contributed by atoms with Gasteiger partial charge in [-0.15, -0.1) is 0 Å². The van der Waals surface area contributed by atoms with Crippen molar-refractivity contribution >= 4 is 0 Å². The average Bonchev–Trinajstić information content (AvgIpc) is 3.06. The fourth-order valence-electron chi connectivity index (χ4n) is 6.54. The molecule has 0 amide bonds. The number of ether oxygens (including phenoxy) is 2. The van der Waals surface area contributed by atoms with E-state index < -0.39 is 30.7 Å². The summed E-state index contributed by atoms with van der Waals surface area (Å²) in [7, 11) is 0. The minimum absolute atomic E-state index is 0.0638. The minimum atomic E-state index is -1.34. The van der Waals surface area contributed by atoms with Gasteiger partial charge >= 0.3 is 0 Å². The number of aliphatic hydroxyl groups excluding tert-OH is 4. The van der Waals surface area contributed by atoms with Gasteiger partial charge in [-0.2, -0.15) is 0 Å². The smallest absolute Gasteiger partial charge is 0.186 e. The molecule has 6 heteroatoms. The lowest BCUT2D eigenvalue weighted by Crippen LogP contribution is -2.56. The van der Waals surface area contributed by atoms with Gasteiger partial charge in [-0.05, 0) is 66.1 Å². The number of hydrogen-bond acceptors (Lipinski definition) is 6. The molecule has 6 nitrogen and oxygen atoms in total. The Labute approximate surface area is 204 Å². The summed E-state index contributed by atoms with van der Waals surface area (Å²) in [6.07, 6.45) is 3.32. The van der Waals surface area contributed by atoms with Gasteiger partial charge in [0.15, 0.2) is 6.29 Å². The summed E-state index contributed by atoms with van der Waals surface area (Å²) < 4.78 is 12.1. The topological polar surface area (TPSA) is 99.4 Å². The molecule has 34 heavy (non-hydrogen) atoms. The van der Waals surface area contributed by atoms with Crippen molar-refractivity contribution in [1.82, 2.24) is 0 Å². The summed E-state index contributed by atoms with van der Waals surface area (Å²) in [5.74, 6) is 0.529. The van der Waals surface area contributed by atoms with Crippen LogP contribution in [0.2, 0.25) is 0 Å². The largest absolute Gasteiger partial charge is 0.388 e. The molecule has 0 aromatic heterocycles. The number of allylic oxidation sites excluding steroid dienone is 4. The molecule has 0 aromatic carbocycles. The number of fused-ring (bicyclic) bond motifs is 3. The molecule has 1 unspecified atom stereocenters. The second-order valence-corrected chi connectivity index (χ2v) is 12.1. The zero-order chi connectivity index (χ0) is 25.0. The van der Waals surface area contributed by atoms with Gasteiger partial charge < -0.3 is 29.9 Å². The van der Waals surface area contributed by atoms with E-state index in [4.69, 9.17) is 9.47 Å². The third-order valence-electron chi connectivity index (χ3n) is 9.01. The van der Waals surface area contributed by atoms with Crippen LogP contribution in [-0.2, 0) is 9.47 Å². The Morgan fingerprint density at radius 2 is 1.71 bits per heavy atom. The fraction of sp³-hybridized carbons (Fsp3) is 0.786. The van der Waals surface area contributed by atoms with Crippen LogP contribution in [0.5, 0.6) is 0 Å². The van der Waals surface area contributed by atoms with E-state index in [1.54, 1.807) is 0 Å². The molecule has 0 aromatic rings. The van der Waals surface area contributed by atoms with Crippen molar-refractivity contribution in [2.45, 2.75) is 110 Å². The predicted molar refractivity (Wildman–Crippen MR) is 131 cm³/mol. The van der Waals surface area contributed by atoms with Crippen molar-refractivity contribution < 1.29 is 29.9 Å². The zero-order valence-corrected chi connectivity index (χ0v) is 21.6. The number of hydrogen-bond donors (Lipinski definition) is 4. The van der Waals surface area contributed by atoms with Crippen molar-refractivity contribution in [1.29, 1.82) is 0 Å². The quantitative estimate of drug-likeness (QED) is 0.484. The highest BCUT2D eigenvalue weighted by atomic mass is 16.7. The van der Waals surface area contributed by atoms with Gasteiger partial charge in [-0.25, -0.2) is 0 Å². The molecule has 2 fully saturated rings. The molecule has 0 radical (unpaired) electrons. The summed E-state index contributed by atoms with van der Waals surface area (Å²) in [5.41, 5.74) is 4.99. The highest BCUT2D eigenvalue weighted by molar-refractivity contribution is 5.52. The van der Waals surface area contributed by atoms with Crippen LogP contribution < -0.4 is 0 Å². The fourth-order valence-corrected chi connectivity index (χ4v) is 6.54. The van der Waals surface area contributed by atoms with Crippen LogP contribution in [0.25, 0.3) is 0 Å². The van der Waals surface area contributed by atoms with Crippen molar-refractivity contribution in [2.24, 2.45) is 22.7 Å². The number of rotatable bonds is 5. The van der Waals surface area contributed by atoms with E-state index in [1.165, 1.54) is 16.7 Å². The van der Waals surface area contributed by atoms with Crippen LogP contribution >= 0.6 is 0 Å². The first-order valence-electron chi connectivity index (χ1n) is 13.0. The third kappa shape index (κ3) is 4.35. The summed E-state index contributed by atoms with van der Waals surface area (Å²) in [6, 6.07) is 0. The SMILES string of the molecule is CC(C)C1=C2C3=CC=C(C(O)C(C)C)C[C@H](O[C@@H]4OC[C@@H](O)[C@H](O)[C@H]4O)[C@]3(C)CC[C@@]2(C)CC1. The molecule has 0 bridgehead atoms. The van der Waals surface area contributed by atoms with Crippen molar-refractivity contribution in [3.05, 3.63) is 34.4 Å². The Bertz CT molecular complexity index is 872. The van der Waals surface area contributed by atoms with Crippen LogP contribution in [0.3, 0.4) is 0 Å². The molecule has 1 aliphatic heterocycles. The average molecular weight is 477 g/mol. The Hall–Kier alpha value is -1.02. The van der Waals surface area contributed by atoms with E-state index in [-0.39, 0.29) is 29.5 Å². The third-order valence-corrected chi connectivity index (χ3v) is 9.01. The predicted octanol–water partition coefficient (Wildman–Crippen LogP) is 3.64. The lowest BCUT2D eigenvalue weighted by atomic mass is 9.57. The Morgan fingerprint density at radius 3 is 2.35 bits per heavy atom. The second-order valence-electron chi connectivity index (χ2n) is 12.1. The van der Waals surface area contributed by atoms with Crippen molar-refractivity contribution in [2.75, 3.05) is 6.61 Å². The molecule has 4 N–H and O–H groups in total. The Kier molecular flexibility index (Phi) is 7.24. The Morgan fingerprint density at radius 1 is 1.00 bits per heavy atom. The maximum Gasteiger partial charge on any atom is 0.186 e. The van der Waals surface area contributed by atoms with Crippen LogP contribution in [0.15, 0.2) is 34.4 Å². The van der Waals surface area contributed by atoms with E-state index in [0.29, 0.717) is 12.3 Å². The van der Waals surface area contributed by atoms with Crippen LogP contribution in [-0.4, -0.2) is 63.8 Å². The van der Waals surface area contributed by atoms with Crippen molar-refractivity contribution in [3.63, 3.8) is 0 Å². The van der Waals surface area contributed by atoms with Gasteiger partial charge in [0.2, 0.25) is 0 Å². The van der Waals surface area contributed by atoms with E-state index >= 15 is 0 Å². The molecule has 8 atom stereocenters. The van der Waals surface area contributed by atoms with Gasteiger partial charge in [0.25, 0.3) is 0 Å². The monoisotopic (exact) mass is 476 g/mol. The standard InChI is InChI=1S/C28H44O6/c1-15(2)18-9-10-27(5)11-12-28(6)19(22(18)27)8-7-17(23(30)16(3)4)13-21(28)34-26-25(32)24(31)20(29)14-33-26/h7-8,15-16,20-21,23-26,29-32H,9-14H2,1-6H3/t20-,21+,23?,24+,25-,26+,27-,28-/m1/s1. The zero-order valence-electron chi connectivity index (χ0n) is 21.6. The molecule has 0 spiro atoms. The van der Waals surface area contributed by atoms with Crippen LogP contribution in [0, 0.1) is 22.7 Å². The molecule has 1 saturated carbocycles.